The van der Waals surface area contributed by atoms with E-state index in [0.29, 0.717) is 25.9 Å². The van der Waals surface area contributed by atoms with Gasteiger partial charge in [0.25, 0.3) is 0 Å². The standard InChI is InChI=1S/C14H23N5O3S/c1-10(13-17-16-12-4-3-7-19(12)13)15-14(20)11-5-8-18(9-6-11)23(2,21)22/h10-11H,3-9H2,1-2H3,(H,15,20)/t10-/m1/s1. The van der Waals surface area contributed by atoms with Gasteiger partial charge in [-0.05, 0) is 26.2 Å². The van der Waals surface area contributed by atoms with Crippen molar-refractivity contribution in [2.24, 2.45) is 5.92 Å². The van der Waals surface area contributed by atoms with E-state index in [1.54, 1.807) is 0 Å². The molecule has 0 unspecified atom stereocenters. The summed E-state index contributed by atoms with van der Waals surface area (Å²) in [5, 5.41) is 11.4. The number of carbonyl (C=O) groups is 1. The maximum absolute atomic E-state index is 12.4. The second kappa shape index (κ2) is 6.20. The number of hydrogen-bond acceptors (Lipinski definition) is 5. The van der Waals surface area contributed by atoms with Crippen molar-refractivity contribution in [3.8, 4) is 0 Å². The van der Waals surface area contributed by atoms with Crippen molar-refractivity contribution in [3.63, 3.8) is 0 Å². The Labute approximate surface area is 136 Å². The number of fused-ring (bicyclic) bond motifs is 1. The molecule has 0 saturated carbocycles. The summed E-state index contributed by atoms with van der Waals surface area (Å²) in [6.07, 6.45) is 4.34. The fourth-order valence-corrected chi connectivity index (χ4v) is 4.21. The summed E-state index contributed by atoms with van der Waals surface area (Å²) in [5.74, 6) is 1.62. The van der Waals surface area contributed by atoms with Crippen LogP contribution in [0.3, 0.4) is 0 Å². The molecule has 8 nitrogen and oxygen atoms in total. The van der Waals surface area contributed by atoms with Crippen molar-refractivity contribution >= 4 is 15.9 Å². The minimum atomic E-state index is -3.16. The number of nitrogens with zero attached hydrogens (tertiary/aromatic N) is 4. The number of sulfonamides is 1. The number of aryl methyl sites for hydroxylation is 1. The number of rotatable bonds is 4. The van der Waals surface area contributed by atoms with Crippen molar-refractivity contribution in [3.05, 3.63) is 11.6 Å². The monoisotopic (exact) mass is 341 g/mol. The van der Waals surface area contributed by atoms with Crippen molar-refractivity contribution in [1.82, 2.24) is 24.4 Å². The van der Waals surface area contributed by atoms with Crippen molar-refractivity contribution < 1.29 is 13.2 Å². The Morgan fingerprint density at radius 1 is 1.26 bits per heavy atom. The highest BCUT2D eigenvalue weighted by Gasteiger charge is 2.30. The highest BCUT2D eigenvalue weighted by molar-refractivity contribution is 7.88. The van der Waals surface area contributed by atoms with E-state index in [-0.39, 0.29) is 17.9 Å². The predicted molar refractivity (Wildman–Crippen MR) is 84.0 cm³/mol. The first-order valence-corrected chi connectivity index (χ1v) is 9.88. The van der Waals surface area contributed by atoms with E-state index in [0.717, 1.165) is 31.0 Å². The predicted octanol–water partition coefficient (Wildman–Crippen LogP) is 0.0731. The van der Waals surface area contributed by atoms with Gasteiger partial charge in [0.2, 0.25) is 15.9 Å². The van der Waals surface area contributed by atoms with Crippen LogP contribution in [0.4, 0.5) is 0 Å². The molecular weight excluding hydrogens is 318 g/mol. The molecule has 0 aromatic carbocycles. The Morgan fingerprint density at radius 3 is 2.61 bits per heavy atom. The molecule has 0 spiro atoms. The Hall–Kier alpha value is -1.48. The third-order valence-corrected chi connectivity index (χ3v) is 5.98. The second-order valence-corrected chi connectivity index (χ2v) is 8.38. The summed E-state index contributed by atoms with van der Waals surface area (Å²) >= 11 is 0. The second-order valence-electron chi connectivity index (χ2n) is 6.40. The molecule has 2 aliphatic rings. The van der Waals surface area contributed by atoms with E-state index in [1.165, 1.54) is 10.6 Å². The molecule has 1 amide bonds. The van der Waals surface area contributed by atoms with Gasteiger partial charge in [-0.25, -0.2) is 12.7 Å². The normalized spacial score (nSPS) is 21.1. The molecule has 0 aliphatic carbocycles. The molecule has 1 saturated heterocycles. The quantitative estimate of drug-likeness (QED) is 0.836. The number of hydrogen-bond donors (Lipinski definition) is 1. The van der Waals surface area contributed by atoms with E-state index in [2.05, 4.69) is 20.1 Å². The molecule has 1 N–H and O–H groups in total. The molecule has 1 aromatic rings. The van der Waals surface area contributed by atoms with E-state index in [1.807, 2.05) is 6.92 Å². The van der Waals surface area contributed by atoms with Gasteiger partial charge in [0.05, 0.1) is 12.3 Å². The number of carbonyl (C=O) groups excluding carboxylic acids is 1. The van der Waals surface area contributed by atoms with Crippen LogP contribution in [0.5, 0.6) is 0 Å². The molecule has 0 radical (unpaired) electrons. The lowest BCUT2D eigenvalue weighted by Gasteiger charge is -2.30. The van der Waals surface area contributed by atoms with Crippen molar-refractivity contribution in [1.29, 1.82) is 0 Å². The topological polar surface area (TPSA) is 97.2 Å². The Bertz CT molecular complexity index is 691. The van der Waals surface area contributed by atoms with E-state index in [9.17, 15) is 13.2 Å². The van der Waals surface area contributed by atoms with Gasteiger partial charge >= 0.3 is 0 Å². The highest BCUT2D eigenvalue weighted by Crippen LogP contribution is 2.22. The largest absolute Gasteiger partial charge is 0.346 e. The van der Waals surface area contributed by atoms with Crippen LogP contribution in [0, 0.1) is 5.92 Å². The van der Waals surface area contributed by atoms with Gasteiger partial charge in [0.1, 0.15) is 5.82 Å². The lowest BCUT2D eigenvalue weighted by Crippen LogP contribution is -2.43. The Balaban J connectivity index is 1.57. The summed E-state index contributed by atoms with van der Waals surface area (Å²) in [4.78, 5) is 12.4. The van der Waals surface area contributed by atoms with Gasteiger partial charge in [-0.1, -0.05) is 0 Å². The molecule has 23 heavy (non-hydrogen) atoms. The third kappa shape index (κ3) is 3.40. The average molecular weight is 341 g/mol. The number of aromatic nitrogens is 3. The van der Waals surface area contributed by atoms with Gasteiger partial charge in [-0.15, -0.1) is 10.2 Å². The summed E-state index contributed by atoms with van der Waals surface area (Å²) in [5.41, 5.74) is 0. The zero-order valence-electron chi connectivity index (χ0n) is 13.5. The molecular formula is C14H23N5O3S. The molecule has 3 heterocycles. The Kier molecular flexibility index (Phi) is 4.41. The van der Waals surface area contributed by atoms with Crippen LogP contribution >= 0.6 is 0 Å². The number of nitrogens with one attached hydrogen (secondary N) is 1. The third-order valence-electron chi connectivity index (χ3n) is 4.68. The molecule has 2 aliphatic heterocycles. The lowest BCUT2D eigenvalue weighted by molar-refractivity contribution is -0.126. The van der Waals surface area contributed by atoms with E-state index in [4.69, 9.17) is 0 Å². The van der Waals surface area contributed by atoms with Crippen molar-refractivity contribution in [2.45, 2.75) is 45.2 Å². The number of piperidine rings is 1. The zero-order valence-corrected chi connectivity index (χ0v) is 14.3. The molecule has 1 atom stereocenters. The maximum atomic E-state index is 12.4. The molecule has 1 fully saturated rings. The number of amides is 1. The first kappa shape index (κ1) is 16.4. The zero-order chi connectivity index (χ0) is 16.6. The van der Waals surface area contributed by atoms with Gasteiger partial charge in [0.15, 0.2) is 5.82 Å². The summed E-state index contributed by atoms with van der Waals surface area (Å²) < 4.78 is 26.5. The van der Waals surface area contributed by atoms with Crippen LogP contribution in [-0.4, -0.2) is 52.7 Å². The summed E-state index contributed by atoms with van der Waals surface area (Å²) in [6, 6.07) is -0.185. The minimum absolute atomic E-state index is 0.0269. The Morgan fingerprint density at radius 2 is 1.96 bits per heavy atom. The molecule has 128 valence electrons. The fourth-order valence-electron chi connectivity index (χ4n) is 3.34. The summed E-state index contributed by atoms with van der Waals surface area (Å²) in [6.45, 7) is 3.64. The van der Waals surface area contributed by atoms with E-state index < -0.39 is 10.0 Å². The fraction of sp³-hybridized carbons (Fsp3) is 0.786. The van der Waals surface area contributed by atoms with Crippen LogP contribution in [0.2, 0.25) is 0 Å². The first-order chi connectivity index (χ1) is 10.9. The van der Waals surface area contributed by atoms with Gasteiger partial charge in [0, 0.05) is 32.0 Å². The van der Waals surface area contributed by atoms with Crippen molar-refractivity contribution in [2.75, 3.05) is 19.3 Å². The molecule has 9 heteroatoms. The SMILES string of the molecule is C[C@@H](NC(=O)C1CCN(S(C)(=O)=O)CC1)c1nnc2n1CCC2. The van der Waals surface area contributed by atoms with Gasteiger partial charge in [-0.2, -0.15) is 0 Å². The van der Waals surface area contributed by atoms with Crippen LogP contribution in [0.25, 0.3) is 0 Å². The lowest BCUT2D eigenvalue weighted by atomic mass is 9.97. The summed E-state index contributed by atoms with van der Waals surface area (Å²) in [7, 11) is -3.16. The first-order valence-electron chi connectivity index (χ1n) is 8.03. The van der Waals surface area contributed by atoms with Crippen LogP contribution in [0.15, 0.2) is 0 Å². The smallest absolute Gasteiger partial charge is 0.223 e. The average Bonchev–Trinajstić information content (AvgIpc) is 3.09. The van der Waals surface area contributed by atoms with Gasteiger partial charge in [-0.3, -0.25) is 4.79 Å². The highest BCUT2D eigenvalue weighted by atomic mass is 32.2. The van der Waals surface area contributed by atoms with Crippen LogP contribution in [0.1, 0.15) is 43.9 Å². The molecule has 3 rings (SSSR count). The molecule has 1 aromatic heterocycles. The van der Waals surface area contributed by atoms with Crippen LogP contribution in [-0.2, 0) is 27.8 Å². The molecule has 0 bridgehead atoms. The van der Waals surface area contributed by atoms with E-state index >= 15 is 0 Å². The maximum Gasteiger partial charge on any atom is 0.223 e. The van der Waals surface area contributed by atoms with Crippen LogP contribution < -0.4 is 5.32 Å². The minimum Gasteiger partial charge on any atom is -0.346 e. The van der Waals surface area contributed by atoms with Gasteiger partial charge < -0.3 is 9.88 Å².